The van der Waals surface area contributed by atoms with Crippen molar-refractivity contribution in [3.63, 3.8) is 0 Å². The van der Waals surface area contributed by atoms with Gasteiger partial charge >= 0.3 is 6.18 Å². The van der Waals surface area contributed by atoms with E-state index < -0.39 is 18.8 Å². The Morgan fingerprint density at radius 2 is 1.73 bits per heavy atom. The number of hydrogen-bond donors (Lipinski definition) is 2. The van der Waals surface area contributed by atoms with Gasteiger partial charge in [-0.3, -0.25) is 10.4 Å². The monoisotopic (exact) mass is 413 g/mol. The van der Waals surface area contributed by atoms with Crippen molar-refractivity contribution in [2.45, 2.75) is 12.2 Å². The van der Waals surface area contributed by atoms with E-state index in [1.807, 2.05) is 66.7 Å². The second-order valence-corrected chi connectivity index (χ2v) is 7.51. The Morgan fingerprint density at radius 1 is 1.10 bits per heavy atom. The van der Waals surface area contributed by atoms with Crippen molar-refractivity contribution in [2.75, 3.05) is 19.6 Å². The van der Waals surface area contributed by atoms with Gasteiger partial charge in [0.2, 0.25) is 0 Å². The van der Waals surface area contributed by atoms with E-state index in [1.165, 1.54) is 0 Å². The Kier molecular flexibility index (Phi) is 5.24. The summed E-state index contributed by atoms with van der Waals surface area (Å²) in [6.45, 7) is -0.458. The molecule has 1 saturated heterocycles. The maximum atomic E-state index is 13.3. The second kappa shape index (κ2) is 7.85. The van der Waals surface area contributed by atoms with Crippen LogP contribution in [0.5, 0.6) is 0 Å². The summed E-state index contributed by atoms with van der Waals surface area (Å²) in [6.07, 6.45) is -2.46. The minimum atomic E-state index is -4.38. The van der Waals surface area contributed by atoms with Crippen LogP contribution in [0.25, 0.3) is 6.08 Å². The van der Waals surface area contributed by atoms with Gasteiger partial charge in [-0.2, -0.15) is 18.3 Å². The molecule has 3 N–H and O–H groups in total. The second-order valence-electron chi connectivity index (χ2n) is 7.51. The number of fused-ring (bicyclic) bond motifs is 1. The van der Waals surface area contributed by atoms with Crippen LogP contribution < -0.4 is 5.73 Å². The standard InChI is InChI=1S/C22H22F3N5/c23-22(24,25)14-30-20(16-9-5-2-6-10-16)18-13-29(21(26)27)12-17(19(18)28-30)11-15-7-3-1-4-8-15/h1-11,18,20H,12-14H2,(H3,26,27). The van der Waals surface area contributed by atoms with Crippen molar-refractivity contribution in [3.8, 4) is 0 Å². The lowest BCUT2D eigenvalue weighted by Gasteiger charge is -2.36. The number of nitrogens with zero attached hydrogens (tertiary/aromatic N) is 3. The molecule has 0 aliphatic carbocycles. The lowest BCUT2D eigenvalue weighted by atomic mass is 9.83. The summed E-state index contributed by atoms with van der Waals surface area (Å²) in [5, 5.41) is 13.5. The molecule has 0 saturated carbocycles. The molecule has 0 amide bonds. The number of likely N-dealkylation sites (tertiary alicyclic amines) is 1. The first kappa shape index (κ1) is 20.0. The third-order valence-electron chi connectivity index (χ3n) is 5.36. The van der Waals surface area contributed by atoms with Gasteiger partial charge in [-0.15, -0.1) is 0 Å². The zero-order valence-corrected chi connectivity index (χ0v) is 16.2. The molecular formula is C22H22F3N5. The van der Waals surface area contributed by atoms with E-state index in [0.717, 1.165) is 21.7 Å². The molecule has 5 nitrogen and oxygen atoms in total. The lowest BCUT2D eigenvalue weighted by Crippen LogP contribution is -2.49. The highest BCUT2D eigenvalue weighted by atomic mass is 19.4. The fourth-order valence-corrected chi connectivity index (χ4v) is 4.13. The molecule has 8 heteroatoms. The molecule has 4 rings (SSSR count). The Hall–Kier alpha value is -3.29. The van der Waals surface area contributed by atoms with Crippen LogP contribution in [0.3, 0.4) is 0 Å². The van der Waals surface area contributed by atoms with Gasteiger partial charge in [0, 0.05) is 19.0 Å². The van der Waals surface area contributed by atoms with Gasteiger partial charge in [0.05, 0.1) is 11.8 Å². The van der Waals surface area contributed by atoms with Gasteiger partial charge in [-0.1, -0.05) is 60.7 Å². The summed E-state index contributed by atoms with van der Waals surface area (Å²) in [4.78, 5) is 1.69. The van der Waals surface area contributed by atoms with Gasteiger partial charge in [-0.05, 0) is 22.8 Å². The van der Waals surface area contributed by atoms with Crippen molar-refractivity contribution < 1.29 is 13.2 Å². The maximum absolute atomic E-state index is 13.3. The molecule has 0 radical (unpaired) electrons. The molecule has 0 spiro atoms. The number of alkyl halides is 3. The van der Waals surface area contributed by atoms with E-state index in [2.05, 4.69) is 5.10 Å². The Morgan fingerprint density at radius 3 is 2.33 bits per heavy atom. The molecule has 2 atom stereocenters. The van der Waals surface area contributed by atoms with Crippen LogP contribution in [0.15, 0.2) is 71.3 Å². The number of benzene rings is 2. The van der Waals surface area contributed by atoms with Crippen molar-refractivity contribution in [1.82, 2.24) is 9.91 Å². The third kappa shape index (κ3) is 4.17. The van der Waals surface area contributed by atoms with Crippen LogP contribution in [0.2, 0.25) is 0 Å². The topological polar surface area (TPSA) is 68.7 Å². The van der Waals surface area contributed by atoms with Crippen LogP contribution in [0, 0.1) is 11.3 Å². The number of nitrogens with one attached hydrogen (secondary N) is 1. The van der Waals surface area contributed by atoms with E-state index in [0.29, 0.717) is 18.8 Å². The highest BCUT2D eigenvalue weighted by Gasteiger charge is 2.46. The number of nitrogens with two attached hydrogens (primary N) is 1. The van der Waals surface area contributed by atoms with Crippen LogP contribution in [0.1, 0.15) is 17.2 Å². The summed E-state index contributed by atoms with van der Waals surface area (Å²) >= 11 is 0. The first-order chi connectivity index (χ1) is 14.3. The van der Waals surface area contributed by atoms with Crippen molar-refractivity contribution in [2.24, 2.45) is 16.8 Å². The molecule has 156 valence electrons. The number of hydrogen-bond acceptors (Lipinski definition) is 3. The summed E-state index contributed by atoms with van der Waals surface area (Å²) in [6, 6.07) is 18.1. The van der Waals surface area contributed by atoms with E-state index >= 15 is 0 Å². The molecule has 2 unspecified atom stereocenters. The molecule has 2 aromatic carbocycles. The molecular weight excluding hydrogens is 391 g/mol. The Balaban J connectivity index is 1.79. The van der Waals surface area contributed by atoms with E-state index in [9.17, 15) is 13.2 Å². The van der Waals surface area contributed by atoms with Gasteiger partial charge in [0.1, 0.15) is 6.54 Å². The fraction of sp³-hybridized carbons (Fsp3) is 0.273. The summed E-state index contributed by atoms with van der Waals surface area (Å²) < 4.78 is 40.0. The van der Waals surface area contributed by atoms with Crippen molar-refractivity contribution in [1.29, 1.82) is 5.41 Å². The number of hydrazone groups is 1. The molecule has 1 fully saturated rings. The Bertz CT molecular complexity index is 969. The van der Waals surface area contributed by atoms with Crippen molar-refractivity contribution >= 4 is 17.7 Å². The highest BCUT2D eigenvalue weighted by Crippen LogP contribution is 2.42. The van der Waals surface area contributed by atoms with Gasteiger partial charge in [-0.25, -0.2) is 0 Å². The molecule has 2 aromatic rings. The molecule has 2 aliphatic rings. The van der Waals surface area contributed by atoms with Crippen LogP contribution in [-0.2, 0) is 0 Å². The summed E-state index contributed by atoms with van der Waals surface area (Å²) in [7, 11) is 0. The third-order valence-corrected chi connectivity index (χ3v) is 5.36. The van der Waals surface area contributed by atoms with E-state index in [1.54, 1.807) is 4.90 Å². The number of rotatable bonds is 3. The molecule has 0 bridgehead atoms. The lowest BCUT2D eigenvalue weighted by molar-refractivity contribution is -0.150. The number of piperidine rings is 1. The number of halogens is 3. The summed E-state index contributed by atoms with van der Waals surface area (Å²) in [5.74, 6) is -0.434. The summed E-state index contributed by atoms with van der Waals surface area (Å²) in [5.41, 5.74) is 8.86. The van der Waals surface area contributed by atoms with Gasteiger partial charge in [0.25, 0.3) is 0 Å². The smallest absolute Gasteiger partial charge is 0.370 e. The fourth-order valence-electron chi connectivity index (χ4n) is 4.13. The van der Waals surface area contributed by atoms with Gasteiger partial charge < -0.3 is 10.6 Å². The highest BCUT2D eigenvalue weighted by molar-refractivity contribution is 6.08. The minimum Gasteiger partial charge on any atom is -0.370 e. The van der Waals surface area contributed by atoms with E-state index in [-0.39, 0.29) is 11.9 Å². The zero-order valence-electron chi connectivity index (χ0n) is 16.2. The molecule has 0 aromatic heterocycles. The Labute approximate surface area is 172 Å². The zero-order chi connectivity index (χ0) is 21.3. The largest absolute Gasteiger partial charge is 0.407 e. The number of guanidine groups is 1. The van der Waals surface area contributed by atoms with Crippen molar-refractivity contribution in [3.05, 3.63) is 77.4 Å². The van der Waals surface area contributed by atoms with Crippen LogP contribution >= 0.6 is 0 Å². The predicted molar refractivity (Wildman–Crippen MR) is 111 cm³/mol. The van der Waals surface area contributed by atoms with Crippen LogP contribution in [-0.4, -0.2) is 47.4 Å². The molecule has 2 aliphatic heterocycles. The van der Waals surface area contributed by atoms with Gasteiger partial charge in [0.15, 0.2) is 5.96 Å². The first-order valence-electron chi connectivity index (χ1n) is 9.63. The van der Waals surface area contributed by atoms with E-state index in [4.69, 9.17) is 11.1 Å². The van der Waals surface area contributed by atoms with Crippen LogP contribution in [0.4, 0.5) is 13.2 Å². The first-order valence-corrected chi connectivity index (χ1v) is 9.63. The molecule has 30 heavy (non-hydrogen) atoms. The maximum Gasteiger partial charge on any atom is 0.407 e. The predicted octanol–water partition coefficient (Wildman–Crippen LogP) is 3.87. The SMILES string of the molecule is N=C(N)N1CC(=Cc2ccccc2)C2=NN(CC(F)(F)F)C(c3ccccc3)C2C1. The average Bonchev–Trinajstić information content (AvgIpc) is 3.05. The average molecular weight is 413 g/mol. The molecule has 2 heterocycles. The minimum absolute atomic E-state index is 0.103. The normalized spacial score (nSPS) is 22.8. The quantitative estimate of drug-likeness (QED) is 0.593.